The van der Waals surface area contributed by atoms with E-state index in [1.807, 2.05) is 44.2 Å². The van der Waals surface area contributed by atoms with Crippen molar-refractivity contribution in [2.24, 2.45) is 0 Å². The van der Waals surface area contributed by atoms with Crippen LogP contribution in [0.3, 0.4) is 0 Å². The van der Waals surface area contributed by atoms with Crippen LogP contribution >= 0.6 is 0 Å². The van der Waals surface area contributed by atoms with E-state index in [1.165, 1.54) is 17.0 Å². The highest BCUT2D eigenvalue weighted by atomic mass is 32.2. The van der Waals surface area contributed by atoms with Crippen molar-refractivity contribution in [1.82, 2.24) is 14.7 Å². The minimum Gasteiger partial charge on any atom is -0.451 e. The molecule has 10 heteroatoms. The van der Waals surface area contributed by atoms with Crippen LogP contribution in [0.5, 0.6) is 0 Å². The second-order valence-electron chi connectivity index (χ2n) is 7.89. The summed E-state index contributed by atoms with van der Waals surface area (Å²) in [6.07, 6.45) is 1.01. The lowest BCUT2D eigenvalue weighted by molar-refractivity contribution is -0.138. The van der Waals surface area contributed by atoms with Crippen LogP contribution in [0.1, 0.15) is 42.7 Å². The van der Waals surface area contributed by atoms with Crippen molar-refractivity contribution >= 4 is 21.7 Å². The molecule has 0 saturated carbocycles. The van der Waals surface area contributed by atoms with Gasteiger partial charge in [0.25, 0.3) is 11.5 Å². The third-order valence-electron chi connectivity index (χ3n) is 5.53. The molecule has 0 aliphatic carbocycles. The molecule has 1 aromatic carbocycles. The summed E-state index contributed by atoms with van der Waals surface area (Å²) in [6.45, 7) is 3.41. The predicted octanol–water partition coefficient (Wildman–Crippen LogP) is 1.26. The van der Waals surface area contributed by atoms with Crippen LogP contribution in [0.15, 0.2) is 47.3 Å². The molecule has 2 aromatic rings. The molecule has 0 N–H and O–H groups in total. The molecule has 0 radical (unpaired) electrons. The molecule has 3 rings (SSSR count). The Hall–Kier alpha value is -3.01. The number of sulfone groups is 1. The first-order valence-electron chi connectivity index (χ1n) is 10.5. The summed E-state index contributed by atoms with van der Waals surface area (Å²) >= 11 is 0. The Morgan fingerprint density at radius 3 is 2.56 bits per heavy atom. The zero-order valence-electron chi connectivity index (χ0n) is 18.1. The molecule has 1 saturated heterocycles. The molecule has 1 fully saturated rings. The summed E-state index contributed by atoms with van der Waals surface area (Å²) in [5.41, 5.74) is 0.386. The van der Waals surface area contributed by atoms with Gasteiger partial charge in [0.15, 0.2) is 22.1 Å². The van der Waals surface area contributed by atoms with Crippen molar-refractivity contribution in [1.29, 1.82) is 0 Å². The third kappa shape index (κ3) is 5.82. The normalized spacial score (nSPS) is 18.1. The second kappa shape index (κ2) is 10.1. The van der Waals surface area contributed by atoms with E-state index in [0.717, 1.165) is 10.2 Å². The van der Waals surface area contributed by atoms with Crippen molar-refractivity contribution in [3.05, 3.63) is 64.1 Å². The molecule has 0 bridgehead atoms. The first-order valence-corrected chi connectivity index (χ1v) is 12.3. The quantitative estimate of drug-likeness (QED) is 0.544. The van der Waals surface area contributed by atoms with Crippen molar-refractivity contribution in [2.45, 2.75) is 45.3 Å². The lowest BCUT2D eigenvalue weighted by Crippen LogP contribution is -2.48. The van der Waals surface area contributed by atoms with Gasteiger partial charge in [-0.25, -0.2) is 17.9 Å². The van der Waals surface area contributed by atoms with Gasteiger partial charge in [-0.2, -0.15) is 5.10 Å². The van der Waals surface area contributed by atoms with Crippen LogP contribution in [-0.4, -0.2) is 65.2 Å². The number of amides is 1. The van der Waals surface area contributed by atoms with Crippen LogP contribution in [0, 0.1) is 0 Å². The maximum Gasteiger partial charge on any atom is 0.359 e. The summed E-state index contributed by atoms with van der Waals surface area (Å²) in [4.78, 5) is 38.9. The Morgan fingerprint density at radius 2 is 1.94 bits per heavy atom. The Morgan fingerprint density at radius 1 is 1.22 bits per heavy atom. The predicted molar refractivity (Wildman–Crippen MR) is 118 cm³/mol. The largest absolute Gasteiger partial charge is 0.451 e. The summed E-state index contributed by atoms with van der Waals surface area (Å²) in [7, 11) is -3.17. The van der Waals surface area contributed by atoms with E-state index in [-0.39, 0.29) is 35.3 Å². The number of aromatic nitrogens is 2. The monoisotopic (exact) mass is 461 g/mol. The fraction of sp³-hybridized carbons (Fsp3) is 0.455. The van der Waals surface area contributed by atoms with Crippen molar-refractivity contribution in [2.75, 3.05) is 18.1 Å². The molecule has 1 aliphatic rings. The number of carbonyl (C=O) groups excluding carboxylic acids is 2. The lowest BCUT2D eigenvalue weighted by atomic mass is 10.1. The van der Waals surface area contributed by atoms with Crippen molar-refractivity contribution in [3.8, 4) is 0 Å². The van der Waals surface area contributed by atoms with Gasteiger partial charge in [-0.05, 0) is 31.4 Å². The standard InChI is InChI=1S/C22H27N3O6S/c1-3-16(2)25(18-11-12-32(29,30)15-18)21(27)14-31-22(28)19-9-10-20(26)24(23-19)13-17-7-5-4-6-8-17/h4-10,16,18H,3,11-15H2,1-2H3/t16-,18-/m1/s1. The average molecular weight is 462 g/mol. The second-order valence-corrected chi connectivity index (χ2v) is 10.1. The van der Waals surface area contributed by atoms with E-state index < -0.39 is 34.4 Å². The first-order chi connectivity index (χ1) is 15.2. The van der Waals surface area contributed by atoms with Gasteiger partial charge < -0.3 is 9.64 Å². The number of hydrogen-bond acceptors (Lipinski definition) is 7. The fourth-order valence-corrected chi connectivity index (χ4v) is 5.42. The lowest BCUT2D eigenvalue weighted by Gasteiger charge is -2.33. The van der Waals surface area contributed by atoms with Gasteiger partial charge in [-0.15, -0.1) is 0 Å². The van der Waals surface area contributed by atoms with Crippen LogP contribution in [0.4, 0.5) is 0 Å². The molecule has 9 nitrogen and oxygen atoms in total. The molecule has 2 atom stereocenters. The van der Waals surface area contributed by atoms with Gasteiger partial charge in [-0.1, -0.05) is 37.3 Å². The van der Waals surface area contributed by atoms with Gasteiger partial charge in [0, 0.05) is 18.2 Å². The van der Waals surface area contributed by atoms with Crippen LogP contribution in [0.2, 0.25) is 0 Å². The summed E-state index contributed by atoms with van der Waals surface area (Å²) < 4.78 is 30.0. The topological polar surface area (TPSA) is 116 Å². The Bertz CT molecular complexity index is 1130. The molecule has 0 spiro atoms. The van der Waals surface area contributed by atoms with E-state index in [9.17, 15) is 22.8 Å². The van der Waals surface area contributed by atoms with E-state index >= 15 is 0 Å². The highest BCUT2D eigenvalue weighted by molar-refractivity contribution is 7.91. The Kier molecular flexibility index (Phi) is 7.44. The summed E-state index contributed by atoms with van der Waals surface area (Å²) in [5, 5.41) is 4.06. The van der Waals surface area contributed by atoms with Gasteiger partial charge in [0.05, 0.1) is 18.1 Å². The molecular formula is C22H27N3O6S. The number of ether oxygens (including phenoxy) is 1. The highest BCUT2D eigenvalue weighted by Gasteiger charge is 2.36. The Balaban J connectivity index is 1.68. The fourth-order valence-electron chi connectivity index (χ4n) is 3.70. The van der Waals surface area contributed by atoms with Crippen LogP contribution in [-0.2, 0) is 25.9 Å². The number of benzene rings is 1. The highest BCUT2D eigenvalue weighted by Crippen LogP contribution is 2.21. The van der Waals surface area contributed by atoms with Crippen molar-refractivity contribution in [3.63, 3.8) is 0 Å². The summed E-state index contributed by atoms with van der Waals surface area (Å²) in [5.74, 6) is -1.32. The molecule has 1 aromatic heterocycles. The van der Waals surface area contributed by atoms with Gasteiger partial charge in [0.1, 0.15) is 0 Å². The maximum absolute atomic E-state index is 12.8. The van der Waals surface area contributed by atoms with E-state index in [0.29, 0.717) is 12.8 Å². The zero-order chi connectivity index (χ0) is 23.3. The number of rotatable bonds is 8. The third-order valence-corrected chi connectivity index (χ3v) is 7.28. The van der Waals surface area contributed by atoms with Crippen LogP contribution < -0.4 is 5.56 Å². The summed E-state index contributed by atoms with van der Waals surface area (Å²) in [6, 6.07) is 11.1. The molecule has 2 heterocycles. The number of esters is 1. The molecule has 32 heavy (non-hydrogen) atoms. The van der Waals surface area contributed by atoms with E-state index in [2.05, 4.69) is 5.10 Å². The smallest absolute Gasteiger partial charge is 0.359 e. The average Bonchev–Trinajstić information content (AvgIpc) is 3.13. The number of hydrogen-bond donors (Lipinski definition) is 0. The van der Waals surface area contributed by atoms with E-state index in [4.69, 9.17) is 4.74 Å². The van der Waals surface area contributed by atoms with Crippen molar-refractivity contribution < 1.29 is 22.7 Å². The Labute approximate surface area is 186 Å². The molecular weight excluding hydrogens is 434 g/mol. The minimum atomic E-state index is -3.17. The zero-order valence-corrected chi connectivity index (χ0v) is 19.0. The molecule has 172 valence electrons. The van der Waals surface area contributed by atoms with Gasteiger partial charge in [-0.3, -0.25) is 9.59 Å². The van der Waals surface area contributed by atoms with Crippen LogP contribution in [0.25, 0.3) is 0 Å². The molecule has 1 aliphatic heterocycles. The minimum absolute atomic E-state index is 0.0462. The maximum atomic E-state index is 12.8. The number of carbonyl (C=O) groups is 2. The van der Waals surface area contributed by atoms with E-state index in [1.54, 1.807) is 0 Å². The van der Waals surface area contributed by atoms with Gasteiger partial charge in [0.2, 0.25) is 0 Å². The SMILES string of the molecule is CC[C@@H](C)N(C(=O)COC(=O)c1ccc(=O)n(Cc2ccccc2)n1)[C@@H]1CCS(=O)(=O)C1. The molecule has 0 unspecified atom stereocenters. The van der Waals surface area contributed by atoms with Gasteiger partial charge >= 0.3 is 5.97 Å². The number of nitrogens with zero attached hydrogens (tertiary/aromatic N) is 3. The molecule has 1 amide bonds. The first kappa shape index (κ1) is 23.6.